The molecule has 0 bridgehead atoms. The van der Waals surface area contributed by atoms with E-state index < -0.39 is 0 Å². The summed E-state index contributed by atoms with van der Waals surface area (Å²) >= 11 is 0. The van der Waals surface area contributed by atoms with Crippen LogP contribution in [-0.2, 0) is 11.2 Å². The Bertz CT molecular complexity index is 970. The Morgan fingerprint density at radius 1 is 0.833 bits per heavy atom. The minimum atomic E-state index is -0.182. The molecule has 3 rings (SSSR count). The molecule has 30 heavy (non-hydrogen) atoms. The van der Waals surface area contributed by atoms with Gasteiger partial charge >= 0.3 is 0 Å². The van der Waals surface area contributed by atoms with Crippen LogP contribution < -0.4 is 10.2 Å². The Labute approximate surface area is 177 Å². The van der Waals surface area contributed by atoms with Gasteiger partial charge in [-0.1, -0.05) is 84.9 Å². The van der Waals surface area contributed by atoms with Gasteiger partial charge in [-0.3, -0.25) is 4.79 Å². The van der Waals surface area contributed by atoms with Gasteiger partial charge in [-0.25, -0.2) is 5.43 Å². The number of allylic oxidation sites excluding steroid dienone is 2. The first-order chi connectivity index (χ1) is 14.7. The van der Waals surface area contributed by atoms with Crippen molar-refractivity contribution in [1.29, 1.82) is 0 Å². The zero-order valence-corrected chi connectivity index (χ0v) is 16.9. The van der Waals surface area contributed by atoms with E-state index in [-0.39, 0.29) is 12.3 Å². The van der Waals surface area contributed by atoms with Gasteiger partial charge in [0.05, 0.1) is 19.2 Å². The molecule has 0 saturated heterocycles. The van der Waals surface area contributed by atoms with E-state index in [0.29, 0.717) is 5.71 Å². The van der Waals surface area contributed by atoms with Crippen molar-refractivity contribution in [3.8, 4) is 5.75 Å². The number of benzene rings is 3. The molecule has 0 aliphatic heterocycles. The lowest BCUT2D eigenvalue weighted by Crippen LogP contribution is -2.20. The molecule has 0 fully saturated rings. The average molecular weight is 396 g/mol. The number of hydrogen-bond donors (Lipinski definition) is 1. The number of methoxy groups -OCH3 is 1. The zero-order chi connectivity index (χ0) is 21.0. The van der Waals surface area contributed by atoms with Gasteiger partial charge in [0.2, 0.25) is 5.91 Å². The van der Waals surface area contributed by atoms with Crippen LogP contribution >= 0.6 is 0 Å². The molecule has 1 N–H and O–H groups in total. The van der Waals surface area contributed by atoms with Crippen LogP contribution in [0.3, 0.4) is 0 Å². The molecule has 0 aromatic heterocycles. The lowest BCUT2D eigenvalue weighted by Gasteiger charge is -2.03. The van der Waals surface area contributed by atoms with Gasteiger partial charge in [0.1, 0.15) is 5.75 Å². The summed E-state index contributed by atoms with van der Waals surface area (Å²) in [6.45, 7) is 0. The molecule has 0 radical (unpaired) electrons. The summed E-state index contributed by atoms with van der Waals surface area (Å²) in [6, 6.07) is 27.3. The third-order valence-electron chi connectivity index (χ3n) is 4.33. The lowest BCUT2D eigenvalue weighted by atomic mass is 10.1. The Hall–Kier alpha value is -3.92. The Balaban J connectivity index is 1.70. The van der Waals surface area contributed by atoms with Crippen LogP contribution in [-0.4, -0.2) is 18.7 Å². The number of rotatable bonds is 8. The van der Waals surface area contributed by atoms with Crippen LogP contribution in [0.4, 0.5) is 0 Å². The van der Waals surface area contributed by atoms with Crippen molar-refractivity contribution < 1.29 is 9.53 Å². The molecular weight excluding hydrogens is 372 g/mol. The molecule has 0 aliphatic carbocycles. The molecule has 0 spiro atoms. The van der Waals surface area contributed by atoms with Crippen molar-refractivity contribution in [2.75, 3.05) is 7.11 Å². The number of amides is 1. The lowest BCUT2D eigenvalue weighted by molar-refractivity contribution is -0.120. The molecule has 0 heterocycles. The van der Waals surface area contributed by atoms with Crippen molar-refractivity contribution in [2.45, 2.75) is 6.42 Å². The van der Waals surface area contributed by atoms with Crippen molar-refractivity contribution in [1.82, 2.24) is 5.43 Å². The molecule has 3 aromatic carbocycles. The number of nitrogens with one attached hydrogen (secondary N) is 1. The molecule has 1 amide bonds. The molecule has 150 valence electrons. The van der Waals surface area contributed by atoms with Crippen LogP contribution in [0.2, 0.25) is 0 Å². The maximum absolute atomic E-state index is 12.3. The van der Waals surface area contributed by atoms with Gasteiger partial charge in [0.15, 0.2) is 0 Å². The average Bonchev–Trinajstić information content (AvgIpc) is 2.80. The molecule has 0 saturated carbocycles. The van der Waals surface area contributed by atoms with Crippen LogP contribution in [0.25, 0.3) is 12.2 Å². The predicted octanol–water partition coefficient (Wildman–Crippen LogP) is 5.14. The zero-order valence-electron chi connectivity index (χ0n) is 16.9. The Morgan fingerprint density at radius 3 is 1.87 bits per heavy atom. The largest absolute Gasteiger partial charge is 0.497 e. The smallest absolute Gasteiger partial charge is 0.244 e. The highest BCUT2D eigenvalue weighted by molar-refractivity contribution is 6.08. The van der Waals surface area contributed by atoms with Gasteiger partial charge in [0, 0.05) is 0 Å². The summed E-state index contributed by atoms with van der Waals surface area (Å²) in [7, 11) is 1.61. The number of carbonyl (C=O) groups excluding carboxylic acids is 1. The third-order valence-corrected chi connectivity index (χ3v) is 4.33. The van der Waals surface area contributed by atoms with E-state index in [1.807, 2.05) is 109 Å². The summed E-state index contributed by atoms with van der Waals surface area (Å²) in [5.74, 6) is 0.579. The quantitative estimate of drug-likeness (QED) is 0.424. The number of hydrazone groups is 1. The molecule has 0 aliphatic rings. The van der Waals surface area contributed by atoms with E-state index in [9.17, 15) is 4.79 Å². The van der Waals surface area contributed by atoms with Crippen LogP contribution in [0.1, 0.15) is 16.7 Å². The summed E-state index contributed by atoms with van der Waals surface area (Å²) < 4.78 is 5.14. The van der Waals surface area contributed by atoms with Crippen molar-refractivity contribution in [2.24, 2.45) is 5.10 Å². The summed E-state index contributed by atoms with van der Waals surface area (Å²) in [5.41, 5.74) is 6.30. The van der Waals surface area contributed by atoms with Crippen molar-refractivity contribution in [3.63, 3.8) is 0 Å². The van der Waals surface area contributed by atoms with Gasteiger partial charge in [-0.2, -0.15) is 5.10 Å². The topological polar surface area (TPSA) is 50.7 Å². The first kappa shape index (κ1) is 20.8. The van der Waals surface area contributed by atoms with Crippen LogP contribution in [0.15, 0.2) is 102 Å². The minimum absolute atomic E-state index is 0.182. The molecule has 0 atom stereocenters. The number of nitrogens with zero attached hydrogens (tertiary/aromatic N) is 1. The van der Waals surface area contributed by atoms with E-state index >= 15 is 0 Å². The normalized spacial score (nSPS) is 10.8. The van der Waals surface area contributed by atoms with E-state index in [1.165, 1.54) is 0 Å². The minimum Gasteiger partial charge on any atom is -0.497 e. The summed E-state index contributed by atoms with van der Waals surface area (Å²) in [4.78, 5) is 12.3. The summed E-state index contributed by atoms with van der Waals surface area (Å²) in [6.07, 6.45) is 7.92. The Kier molecular flexibility index (Phi) is 7.75. The third kappa shape index (κ3) is 6.91. The van der Waals surface area contributed by atoms with Crippen LogP contribution in [0, 0.1) is 0 Å². The monoisotopic (exact) mass is 396 g/mol. The molecule has 4 nitrogen and oxygen atoms in total. The highest BCUT2D eigenvalue weighted by Gasteiger charge is 2.03. The first-order valence-corrected chi connectivity index (χ1v) is 9.68. The van der Waals surface area contributed by atoms with Gasteiger partial charge in [0.25, 0.3) is 0 Å². The second-order valence-electron chi connectivity index (χ2n) is 6.58. The van der Waals surface area contributed by atoms with E-state index in [0.717, 1.165) is 22.4 Å². The fraction of sp³-hybridized carbons (Fsp3) is 0.0769. The maximum atomic E-state index is 12.3. The fourth-order valence-corrected chi connectivity index (χ4v) is 2.72. The second kappa shape index (κ2) is 11.2. The van der Waals surface area contributed by atoms with Gasteiger partial charge in [-0.05, 0) is 41.0 Å². The Morgan fingerprint density at radius 2 is 1.37 bits per heavy atom. The van der Waals surface area contributed by atoms with Gasteiger partial charge in [-0.15, -0.1) is 0 Å². The number of hydrogen-bond acceptors (Lipinski definition) is 3. The maximum Gasteiger partial charge on any atom is 0.244 e. The highest BCUT2D eigenvalue weighted by atomic mass is 16.5. The number of ether oxygens (including phenoxy) is 1. The fourth-order valence-electron chi connectivity index (χ4n) is 2.72. The predicted molar refractivity (Wildman–Crippen MR) is 123 cm³/mol. The highest BCUT2D eigenvalue weighted by Crippen LogP contribution is 2.11. The molecular formula is C26H24N2O2. The molecule has 0 unspecified atom stereocenters. The van der Waals surface area contributed by atoms with E-state index in [4.69, 9.17) is 4.74 Å². The summed E-state index contributed by atoms with van der Waals surface area (Å²) in [5, 5.41) is 4.30. The second-order valence-corrected chi connectivity index (χ2v) is 6.58. The van der Waals surface area contributed by atoms with E-state index in [1.54, 1.807) is 7.11 Å². The van der Waals surface area contributed by atoms with Crippen molar-refractivity contribution >= 4 is 23.8 Å². The number of carbonyl (C=O) groups is 1. The van der Waals surface area contributed by atoms with E-state index in [2.05, 4.69) is 10.5 Å². The van der Waals surface area contributed by atoms with Gasteiger partial charge < -0.3 is 4.74 Å². The molecule has 4 heteroatoms. The molecule has 3 aromatic rings. The standard InChI is InChI=1S/C26H24N2O2/c1-30-25-18-14-23(15-19-25)20-26(29)28-27-24(16-12-21-8-4-2-5-9-21)17-13-22-10-6-3-7-11-22/h2-19H,20H2,1H3,(H,28,29)/b16-12+,17-13+. The van der Waals surface area contributed by atoms with Crippen LogP contribution in [0.5, 0.6) is 5.75 Å². The SMILES string of the molecule is COc1ccc(CC(=O)NN=C(/C=C/c2ccccc2)/C=C/c2ccccc2)cc1. The first-order valence-electron chi connectivity index (χ1n) is 9.68. The van der Waals surface area contributed by atoms with Crippen molar-refractivity contribution in [3.05, 3.63) is 114 Å².